The van der Waals surface area contributed by atoms with Crippen LogP contribution < -0.4 is 0 Å². The van der Waals surface area contributed by atoms with Gasteiger partial charge in [0.05, 0.1) is 0 Å². The topological polar surface area (TPSA) is 55.7 Å². The van der Waals surface area contributed by atoms with E-state index in [2.05, 4.69) is 5.34 Å². The van der Waals surface area contributed by atoms with Crippen LogP contribution in [0.25, 0.3) is 0 Å². The molecule has 0 fully saturated rings. The molecular weight excluding hydrogens is 279 g/mol. The Kier molecular flexibility index (Phi) is 4.50. The predicted molar refractivity (Wildman–Crippen MR) is 89.1 cm³/mol. The summed E-state index contributed by atoms with van der Waals surface area (Å²) in [5.41, 5.74) is -0.797. The van der Waals surface area contributed by atoms with Gasteiger partial charge in [-0.2, -0.15) is 0 Å². The molecule has 0 radical (unpaired) electrons. The minimum atomic E-state index is -1.02. The molecule has 1 aliphatic rings. The van der Waals surface area contributed by atoms with E-state index in [4.69, 9.17) is 4.84 Å². The standard InChI is InChI=1S/C18H29NO3/c1-15(2,3)12-10-18(22-19-21,17(7,8)9)11-13(14(12)20)16(4,5)6/h10-11H,1-9H3/i19+1. The summed E-state index contributed by atoms with van der Waals surface area (Å²) in [5, 5.41) is 2.71. The van der Waals surface area contributed by atoms with Crippen molar-refractivity contribution in [3.63, 3.8) is 0 Å². The fourth-order valence-corrected chi connectivity index (χ4v) is 2.55. The quantitative estimate of drug-likeness (QED) is 0.410. The van der Waals surface area contributed by atoms with Crippen molar-refractivity contribution in [2.45, 2.75) is 67.9 Å². The third kappa shape index (κ3) is 3.31. The maximum atomic E-state index is 12.9. The van der Waals surface area contributed by atoms with Gasteiger partial charge in [0.15, 0.2) is 16.7 Å². The molecule has 0 aromatic carbocycles. The Morgan fingerprint density at radius 3 is 1.45 bits per heavy atom. The van der Waals surface area contributed by atoms with Gasteiger partial charge in [0.25, 0.3) is 0 Å². The fourth-order valence-electron chi connectivity index (χ4n) is 2.55. The van der Waals surface area contributed by atoms with Gasteiger partial charge in [0.1, 0.15) is 0 Å². The van der Waals surface area contributed by atoms with Crippen LogP contribution in [0.1, 0.15) is 62.3 Å². The molecule has 0 saturated heterocycles. The van der Waals surface area contributed by atoms with E-state index in [9.17, 15) is 9.70 Å². The molecule has 0 unspecified atom stereocenters. The molecule has 4 heteroatoms. The van der Waals surface area contributed by atoms with Crippen molar-refractivity contribution in [1.82, 2.24) is 0 Å². The molecule has 22 heavy (non-hydrogen) atoms. The van der Waals surface area contributed by atoms with Crippen molar-refractivity contribution in [3.05, 3.63) is 28.2 Å². The first-order chi connectivity index (χ1) is 9.66. The van der Waals surface area contributed by atoms with E-state index in [0.717, 1.165) is 0 Å². The van der Waals surface area contributed by atoms with Gasteiger partial charge >= 0.3 is 0 Å². The number of carbonyl (C=O) groups is 1. The van der Waals surface area contributed by atoms with Crippen molar-refractivity contribution >= 4 is 5.78 Å². The molecular formula is C18H29NO3. The predicted octanol–water partition coefficient (Wildman–Crippen LogP) is 5.00. The number of hydrogen-bond acceptors (Lipinski definition) is 4. The van der Waals surface area contributed by atoms with Gasteiger partial charge < -0.3 is 4.84 Å². The van der Waals surface area contributed by atoms with Crippen LogP contribution in [0.3, 0.4) is 0 Å². The maximum absolute atomic E-state index is 12.9. The Morgan fingerprint density at radius 1 is 0.864 bits per heavy atom. The second kappa shape index (κ2) is 5.32. The summed E-state index contributed by atoms with van der Waals surface area (Å²) in [4.78, 5) is 29.1. The van der Waals surface area contributed by atoms with Crippen molar-refractivity contribution < 1.29 is 9.63 Å². The van der Waals surface area contributed by atoms with Gasteiger partial charge in [-0.15, -0.1) is 4.91 Å². The molecule has 0 amide bonds. The zero-order valence-corrected chi connectivity index (χ0v) is 15.3. The highest BCUT2D eigenvalue weighted by atomic mass is 16.9. The summed E-state index contributed by atoms with van der Waals surface area (Å²) in [5.74, 6) is 0.0226. The zero-order chi connectivity index (χ0) is 17.6. The molecule has 0 atom stereocenters. The van der Waals surface area contributed by atoms with Gasteiger partial charge in [-0.25, -0.2) is 0 Å². The normalized spacial score (nSPS) is 19.4. The first-order valence-corrected chi connectivity index (χ1v) is 7.68. The van der Waals surface area contributed by atoms with Crippen LogP contribution in [0.15, 0.2) is 28.6 Å². The Balaban J connectivity index is 3.72. The van der Waals surface area contributed by atoms with Crippen molar-refractivity contribution in [2.75, 3.05) is 0 Å². The van der Waals surface area contributed by atoms with E-state index in [0.29, 0.717) is 11.1 Å². The van der Waals surface area contributed by atoms with E-state index in [1.807, 2.05) is 62.3 Å². The molecule has 0 saturated carbocycles. The fraction of sp³-hybridized carbons (Fsp3) is 0.722. The third-order valence-electron chi connectivity index (χ3n) is 4.18. The van der Waals surface area contributed by atoms with Crippen LogP contribution in [0.2, 0.25) is 0 Å². The monoisotopic (exact) mass is 308 g/mol. The van der Waals surface area contributed by atoms with Gasteiger partial charge in [-0.3, -0.25) is 4.79 Å². The lowest BCUT2D eigenvalue weighted by atomic mass is 9.64. The number of allylic oxidation sites excluding steroid dienone is 2. The average molecular weight is 308 g/mol. The molecule has 0 spiro atoms. The lowest BCUT2D eigenvalue weighted by molar-refractivity contribution is -0.115. The second-order valence-corrected chi connectivity index (χ2v) is 9.15. The van der Waals surface area contributed by atoms with Gasteiger partial charge in [0, 0.05) is 16.6 Å². The Labute approximate surface area is 133 Å². The molecule has 0 N–H and O–H groups in total. The first-order valence-electron chi connectivity index (χ1n) is 7.68. The molecule has 0 aliphatic heterocycles. The number of rotatable bonds is 2. The first kappa shape index (κ1) is 18.6. The summed E-state index contributed by atoms with van der Waals surface area (Å²) < 4.78 is 0. The Hall–Kier alpha value is -1.45. The van der Waals surface area contributed by atoms with E-state index in [1.165, 1.54) is 0 Å². The van der Waals surface area contributed by atoms with E-state index < -0.39 is 11.0 Å². The third-order valence-corrected chi connectivity index (χ3v) is 4.18. The van der Waals surface area contributed by atoms with Crippen molar-refractivity contribution in [1.29, 1.82) is 0 Å². The van der Waals surface area contributed by atoms with E-state index in [-0.39, 0.29) is 16.6 Å². The average Bonchev–Trinajstić information content (AvgIpc) is 2.27. The highest BCUT2D eigenvalue weighted by Gasteiger charge is 2.49. The van der Waals surface area contributed by atoms with Gasteiger partial charge in [-0.1, -0.05) is 62.3 Å². The summed E-state index contributed by atoms with van der Waals surface area (Å²) in [7, 11) is 0. The molecule has 4 nitrogen and oxygen atoms in total. The molecule has 0 aromatic heterocycles. The maximum Gasteiger partial charge on any atom is 0.185 e. The summed E-state index contributed by atoms with van der Waals surface area (Å²) in [6.07, 6.45) is 3.57. The molecule has 0 aromatic rings. The number of carbonyl (C=O) groups excluding carboxylic acids is 1. The van der Waals surface area contributed by atoms with Crippen molar-refractivity contribution in [2.24, 2.45) is 21.6 Å². The second-order valence-electron chi connectivity index (χ2n) is 9.15. The molecule has 0 bridgehead atoms. The molecule has 1 rings (SSSR count). The van der Waals surface area contributed by atoms with E-state index in [1.54, 1.807) is 12.2 Å². The van der Waals surface area contributed by atoms with E-state index >= 15 is 0 Å². The van der Waals surface area contributed by atoms with Crippen LogP contribution in [-0.2, 0) is 9.63 Å². The Bertz CT molecular complexity index is 500. The summed E-state index contributed by atoms with van der Waals surface area (Å²) >= 11 is 0. The summed E-state index contributed by atoms with van der Waals surface area (Å²) in [6, 6.07) is 0. The zero-order valence-electron chi connectivity index (χ0n) is 15.3. The Morgan fingerprint density at radius 2 is 1.23 bits per heavy atom. The minimum Gasteiger partial charge on any atom is -0.348 e. The number of nitrogens with zero attached hydrogens (tertiary/aromatic N) is 1. The van der Waals surface area contributed by atoms with Crippen LogP contribution >= 0.6 is 0 Å². The van der Waals surface area contributed by atoms with Crippen molar-refractivity contribution in [3.8, 4) is 0 Å². The van der Waals surface area contributed by atoms with Gasteiger partial charge in [0.2, 0.25) is 0 Å². The largest absolute Gasteiger partial charge is 0.348 e. The lowest BCUT2D eigenvalue weighted by Gasteiger charge is -2.43. The molecule has 0 heterocycles. The summed E-state index contributed by atoms with van der Waals surface area (Å²) in [6.45, 7) is 17.9. The smallest absolute Gasteiger partial charge is 0.185 e. The van der Waals surface area contributed by atoms with Crippen LogP contribution in [-0.4, -0.2) is 11.4 Å². The SMILES string of the molecule is CC(C)(C)C1=CC(O[15N]=O)(C(C)(C)C)C=C(C(C)(C)C)C1=O. The van der Waals surface area contributed by atoms with Crippen LogP contribution in [0.4, 0.5) is 0 Å². The van der Waals surface area contributed by atoms with Crippen LogP contribution in [0, 0.1) is 21.2 Å². The highest BCUT2D eigenvalue weighted by Crippen LogP contribution is 2.47. The van der Waals surface area contributed by atoms with Gasteiger partial charge in [-0.05, 0) is 23.0 Å². The highest BCUT2D eigenvalue weighted by molar-refractivity contribution is 6.11. The van der Waals surface area contributed by atoms with Crippen LogP contribution in [0.5, 0.6) is 0 Å². The number of Topliss-reactive ketones (excluding diaryl/α,β-unsaturated/α-hetero) is 1. The number of ketones is 1. The minimum absolute atomic E-state index is 0.0226. The molecule has 1 aliphatic carbocycles. The number of hydrogen-bond donors (Lipinski definition) is 0. The molecule has 124 valence electrons. The lowest BCUT2D eigenvalue weighted by Crippen LogP contribution is -2.46.